The van der Waals surface area contributed by atoms with Crippen LogP contribution in [0.15, 0.2) is 36.4 Å². The maximum atomic E-state index is 11.6. The molecule has 96 valence electrons. The van der Waals surface area contributed by atoms with Gasteiger partial charge in [0, 0.05) is 5.57 Å². The Bertz CT molecular complexity index is 442. The van der Waals surface area contributed by atoms with E-state index in [0.717, 1.165) is 0 Å². The lowest BCUT2D eigenvalue weighted by Crippen LogP contribution is -2.12. The zero-order valence-corrected chi connectivity index (χ0v) is 10.9. The maximum absolute atomic E-state index is 11.6. The zero-order valence-electron chi connectivity index (χ0n) is 10.9. The molecule has 2 rings (SSSR count). The number of carbonyl (C=O) groups excluding carboxylic acids is 1. The topological polar surface area (TPSA) is 26.3 Å². The average Bonchev–Trinajstić information content (AvgIpc) is 2.40. The van der Waals surface area contributed by atoms with Crippen molar-refractivity contribution in [2.24, 2.45) is 0 Å². The summed E-state index contributed by atoms with van der Waals surface area (Å²) in [5.41, 5.74) is 1.61. The molecule has 0 aliphatic heterocycles. The summed E-state index contributed by atoms with van der Waals surface area (Å²) in [5, 5.41) is 0. The van der Waals surface area contributed by atoms with Gasteiger partial charge in [0.25, 0.3) is 0 Å². The largest absolute Gasteiger partial charge is 0.423 e. The highest BCUT2D eigenvalue weighted by molar-refractivity contribution is 5.88. The summed E-state index contributed by atoms with van der Waals surface area (Å²) < 4.78 is 5.42. The van der Waals surface area contributed by atoms with E-state index < -0.39 is 0 Å². The van der Waals surface area contributed by atoms with Gasteiger partial charge in [0.2, 0.25) is 0 Å². The third-order valence-electron chi connectivity index (χ3n) is 3.52. The third kappa shape index (κ3) is 3.00. The molecule has 2 nitrogen and oxygen atoms in total. The number of esters is 1. The molecule has 0 unspecified atom stereocenters. The first-order chi connectivity index (χ1) is 8.68. The van der Waals surface area contributed by atoms with Crippen LogP contribution in [0.2, 0.25) is 0 Å². The van der Waals surface area contributed by atoms with E-state index in [1.165, 1.54) is 37.7 Å². The fraction of sp³-hybridized carbons (Fsp3) is 0.438. The molecule has 0 N–H and O–H groups in total. The zero-order chi connectivity index (χ0) is 13.0. The molecule has 1 fully saturated rings. The fourth-order valence-electron chi connectivity index (χ4n) is 2.51. The Kier molecular flexibility index (Phi) is 4.19. The van der Waals surface area contributed by atoms with Gasteiger partial charge in [0.1, 0.15) is 5.75 Å². The van der Waals surface area contributed by atoms with E-state index in [9.17, 15) is 4.79 Å². The molecule has 2 heteroatoms. The average molecular weight is 244 g/mol. The molecular weight excluding hydrogens is 224 g/mol. The minimum atomic E-state index is -0.335. The molecule has 0 spiro atoms. The van der Waals surface area contributed by atoms with Gasteiger partial charge in [0.15, 0.2) is 0 Å². The van der Waals surface area contributed by atoms with Gasteiger partial charge < -0.3 is 4.74 Å². The van der Waals surface area contributed by atoms with Gasteiger partial charge in [-0.3, -0.25) is 0 Å². The third-order valence-corrected chi connectivity index (χ3v) is 3.52. The van der Waals surface area contributed by atoms with Crippen LogP contribution >= 0.6 is 0 Å². The summed E-state index contributed by atoms with van der Waals surface area (Å²) in [5.74, 6) is 0.906. The highest BCUT2D eigenvalue weighted by Gasteiger charge is 2.20. The standard InChI is InChI=1S/C16H20O2/c1-12(2)16(17)18-15-11-7-6-10-14(15)13-8-4-3-5-9-13/h6-7,10-11,13H,1,3-5,8-9H2,2H3. The van der Waals surface area contributed by atoms with Gasteiger partial charge in [0.05, 0.1) is 0 Å². The molecule has 0 heterocycles. The van der Waals surface area contributed by atoms with E-state index in [0.29, 0.717) is 17.2 Å². The molecule has 0 atom stereocenters. The number of carbonyl (C=O) groups is 1. The van der Waals surface area contributed by atoms with Crippen molar-refractivity contribution in [3.05, 3.63) is 42.0 Å². The molecule has 1 aromatic rings. The quantitative estimate of drug-likeness (QED) is 0.452. The highest BCUT2D eigenvalue weighted by atomic mass is 16.5. The molecule has 0 aromatic heterocycles. The Morgan fingerprint density at radius 1 is 1.22 bits per heavy atom. The maximum Gasteiger partial charge on any atom is 0.338 e. The summed E-state index contributed by atoms with van der Waals surface area (Å²) in [7, 11) is 0. The first-order valence-electron chi connectivity index (χ1n) is 6.65. The van der Waals surface area contributed by atoms with Gasteiger partial charge in [-0.15, -0.1) is 0 Å². The van der Waals surface area contributed by atoms with Crippen molar-refractivity contribution in [1.29, 1.82) is 0 Å². The van der Waals surface area contributed by atoms with Crippen LogP contribution in [0.25, 0.3) is 0 Å². The SMILES string of the molecule is C=C(C)C(=O)Oc1ccccc1C1CCCCC1. The molecular formula is C16H20O2. The van der Waals surface area contributed by atoms with E-state index in [2.05, 4.69) is 12.6 Å². The van der Waals surface area contributed by atoms with Crippen molar-refractivity contribution in [3.63, 3.8) is 0 Å². The van der Waals surface area contributed by atoms with Crippen LogP contribution < -0.4 is 4.74 Å². The van der Waals surface area contributed by atoms with Gasteiger partial charge >= 0.3 is 5.97 Å². The second-order valence-corrected chi connectivity index (χ2v) is 5.04. The van der Waals surface area contributed by atoms with Crippen LogP contribution in [0.4, 0.5) is 0 Å². The Hall–Kier alpha value is -1.57. The number of rotatable bonds is 3. The summed E-state index contributed by atoms with van der Waals surface area (Å²) in [6, 6.07) is 7.89. The van der Waals surface area contributed by atoms with Crippen molar-refractivity contribution >= 4 is 5.97 Å². The predicted molar refractivity (Wildman–Crippen MR) is 72.7 cm³/mol. The Morgan fingerprint density at radius 3 is 2.56 bits per heavy atom. The number of benzene rings is 1. The minimum absolute atomic E-state index is 0.335. The number of ether oxygens (including phenoxy) is 1. The van der Waals surface area contributed by atoms with Crippen molar-refractivity contribution in [3.8, 4) is 5.75 Å². The molecule has 0 amide bonds. The second-order valence-electron chi connectivity index (χ2n) is 5.04. The van der Waals surface area contributed by atoms with Crippen molar-refractivity contribution in [2.75, 3.05) is 0 Å². The van der Waals surface area contributed by atoms with E-state index in [1.54, 1.807) is 6.92 Å². The molecule has 0 radical (unpaired) electrons. The molecule has 1 aliphatic carbocycles. The van der Waals surface area contributed by atoms with Gasteiger partial charge in [-0.05, 0) is 37.3 Å². The Morgan fingerprint density at radius 2 is 1.89 bits per heavy atom. The normalized spacial score (nSPS) is 16.3. The van der Waals surface area contributed by atoms with Crippen molar-refractivity contribution in [2.45, 2.75) is 44.9 Å². The van der Waals surface area contributed by atoms with Crippen LogP contribution in [-0.2, 0) is 4.79 Å². The lowest BCUT2D eigenvalue weighted by Gasteiger charge is -2.23. The molecule has 1 saturated carbocycles. The van der Waals surface area contributed by atoms with E-state index in [1.807, 2.05) is 18.2 Å². The van der Waals surface area contributed by atoms with Gasteiger partial charge in [-0.2, -0.15) is 0 Å². The molecule has 0 bridgehead atoms. The molecule has 1 aromatic carbocycles. The molecule has 0 saturated heterocycles. The first kappa shape index (κ1) is 12.9. The van der Waals surface area contributed by atoms with Crippen LogP contribution in [0.3, 0.4) is 0 Å². The monoisotopic (exact) mass is 244 g/mol. The van der Waals surface area contributed by atoms with Crippen LogP contribution in [0.1, 0.15) is 50.5 Å². The summed E-state index contributed by atoms with van der Waals surface area (Å²) in [6.45, 7) is 5.29. The van der Waals surface area contributed by atoms with E-state index in [4.69, 9.17) is 4.74 Å². The molecule has 1 aliphatic rings. The molecule has 18 heavy (non-hydrogen) atoms. The van der Waals surface area contributed by atoms with Crippen molar-refractivity contribution in [1.82, 2.24) is 0 Å². The summed E-state index contributed by atoms with van der Waals surface area (Å²) >= 11 is 0. The fourth-order valence-corrected chi connectivity index (χ4v) is 2.51. The van der Waals surface area contributed by atoms with Crippen molar-refractivity contribution < 1.29 is 9.53 Å². The summed E-state index contributed by atoms with van der Waals surface area (Å²) in [4.78, 5) is 11.6. The highest BCUT2D eigenvalue weighted by Crippen LogP contribution is 2.37. The van der Waals surface area contributed by atoms with Gasteiger partial charge in [-0.1, -0.05) is 44.0 Å². The summed E-state index contributed by atoms with van der Waals surface area (Å²) in [6.07, 6.45) is 6.26. The van der Waals surface area contributed by atoms with Crippen LogP contribution in [0.5, 0.6) is 5.75 Å². The number of hydrogen-bond donors (Lipinski definition) is 0. The number of para-hydroxylation sites is 1. The second kappa shape index (κ2) is 5.85. The lowest BCUT2D eigenvalue weighted by molar-refractivity contribution is -0.130. The van der Waals surface area contributed by atoms with Gasteiger partial charge in [-0.25, -0.2) is 4.79 Å². The smallest absolute Gasteiger partial charge is 0.338 e. The minimum Gasteiger partial charge on any atom is -0.423 e. The van der Waals surface area contributed by atoms with Crippen LogP contribution in [0, 0.1) is 0 Å². The Labute approximate surface area is 109 Å². The predicted octanol–water partition coefficient (Wildman–Crippen LogP) is 4.22. The van der Waals surface area contributed by atoms with E-state index in [-0.39, 0.29) is 5.97 Å². The number of hydrogen-bond acceptors (Lipinski definition) is 2. The first-order valence-corrected chi connectivity index (χ1v) is 6.65. The van der Waals surface area contributed by atoms with E-state index >= 15 is 0 Å². The van der Waals surface area contributed by atoms with Crippen LogP contribution in [-0.4, -0.2) is 5.97 Å². The lowest BCUT2D eigenvalue weighted by atomic mass is 9.84. The Balaban J connectivity index is 2.19.